The Bertz CT molecular complexity index is 959. The van der Waals surface area contributed by atoms with Gasteiger partial charge in [-0.25, -0.2) is 0 Å². The summed E-state index contributed by atoms with van der Waals surface area (Å²) >= 11 is 3.52. The lowest BCUT2D eigenvalue weighted by atomic mass is 10.1. The number of aromatic nitrogens is 4. The van der Waals surface area contributed by atoms with Crippen LogP contribution in [-0.4, -0.2) is 25.5 Å². The molecule has 1 unspecified atom stereocenters. The molecule has 0 spiro atoms. The molecular formula is C20H24BrN5O. The van der Waals surface area contributed by atoms with Crippen molar-refractivity contribution in [2.45, 2.75) is 40.8 Å². The van der Waals surface area contributed by atoms with Gasteiger partial charge >= 0.3 is 0 Å². The molecule has 2 aromatic heterocycles. The zero-order valence-corrected chi connectivity index (χ0v) is 17.6. The molecule has 0 aliphatic rings. The molecule has 2 heterocycles. The van der Waals surface area contributed by atoms with Gasteiger partial charge in [-0.3, -0.25) is 14.2 Å². The largest absolute Gasteiger partial charge is 0.323 e. The van der Waals surface area contributed by atoms with Crippen LogP contribution < -0.4 is 5.32 Å². The monoisotopic (exact) mass is 429 g/mol. The normalized spacial score (nSPS) is 12.2. The number of anilines is 1. The van der Waals surface area contributed by atoms with Crippen molar-refractivity contribution in [1.82, 2.24) is 19.6 Å². The lowest BCUT2D eigenvalue weighted by Crippen LogP contribution is -2.25. The van der Waals surface area contributed by atoms with Crippen LogP contribution in [0, 0.1) is 26.7 Å². The fraction of sp³-hybridized carbons (Fsp3) is 0.350. The van der Waals surface area contributed by atoms with Crippen LogP contribution in [0.4, 0.5) is 5.69 Å². The van der Waals surface area contributed by atoms with E-state index in [2.05, 4.69) is 56.6 Å². The Morgan fingerprint density at radius 1 is 1.30 bits per heavy atom. The summed E-state index contributed by atoms with van der Waals surface area (Å²) in [7, 11) is 0. The molecule has 142 valence electrons. The van der Waals surface area contributed by atoms with E-state index in [0.717, 1.165) is 15.9 Å². The minimum absolute atomic E-state index is 0.0474. The number of hydrogen-bond donors (Lipinski definition) is 1. The third-order valence-electron chi connectivity index (χ3n) is 4.52. The number of hydrogen-bond acceptors (Lipinski definition) is 3. The van der Waals surface area contributed by atoms with Crippen molar-refractivity contribution >= 4 is 27.5 Å². The first-order chi connectivity index (χ1) is 12.8. The van der Waals surface area contributed by atoms with E-state index in [1.54, 1.807) is 6.20 Å². The average molecular weight is 430 g/mol. The molecule has 0 fully saturated rings. The van der Waals surface area contributed by atoms with Crippen molar-refractivity contribution < 1.29 is 4.79 Å². The standard InChI is InChI=1S/C20H24BrN5O/c1-13-6-5-7-17(8-13)11-25-12-18(9-22-25)23-20(27)14(2)10-26-16(4)19(21)15(3)24-26/h5-9,12,14H,10-11H2,1-4H3,(H,23,27). The highest BCUT2D eigenvalue weighted by Gasteiger charge is 2.18. The van der Waals surface area contributed by atoms with Crippen LogP contribution in [0.25, 0.3) is 0 Å². The number of aryl methyl sites for hydroxylation is 2. The first-order valence-electron chi connectivity index (χ1n) is 8.92. The first-order valence-corrected chi connectivity index (χ1v) is 9.71. The SMILES string of the molecule is Cc1cccc(Cn2cc(NC(=O)C(C)Cn3nc(C)c(Br)c3C)cn2)c1. The number of amides is 1. The number of nitrogens with zero attached hydrogens (tertiary/aromatic N) is 4. The second kappa shape index (κ2) is 8.08. The van der Waals surface area contributed by atoms with Crippen molar-refractivity contribution in [3.63, 3.8) is 0 Å². The summed E-state index contributed by atoms with van der Waals surface area (Å²) in [5.74, 6) is -0.260. The molecule has 1 aromatic carbocycles. The molecule has 7 heteroatoms. The van der Waals surface area contributed by atoms with Crippen LogP contribution in [0.5, 0.6) is 0 Å². The predicted molar refractivity (Wildman–Crippen MR) is 110 cm³/mol. The summed E-state index contributed by atoms with van der Waals surface area (Å²) in [6.07, 6.45) is 3.53. The molecule has 0 radical (unpaired) electrons. The summed E-state index contributed by atoms with van der Waals surface area (Å²) < 4.78 is 4.69. The van der Waals surface area contributed by atoms with Crippen LogP contribution in [0.2, 0.25) is 0 Å². The highest BCUT2D eigenvalue weighted by Crippen LogP contribution is 2.21. The molecule has 27 heavy (non-hydrogen) atoms. The number of benzene rings is 1. The van der Waals surface area contributed by atoms with Gasteiger partial charge in [-0.2, -0.15) is 10.2 Å². The highest BCUT2D eigenvalue weighted by atomic mass is 79.9. The molecule has 1 atom stereocenters. The van der Waals surface area contributed by atoms with Gasteiger partial charge in [0.05, 0.1) is 41.1 Å². The zero-order chi connectivity index (χ0) is 19.6. The quantitative estimate of drug-likeness (QED) is 0.641. The molecule has 0 saturated heterocycles. The maximum Gasteiger partial charge on any atom is 0.229 e. The van der Waals surface area contributed by atoms with Gasteiger partial charge in [-0.15, -0.1) is 0 Å². The van der Waals surface area contributed by atoms with Gasteiger partial charge in [0.2, 0.25) is 5.91 Å². The Morgan fingerprint density at radius 3 is 2.74 bits per heavy atom. The second-order valence-corrected chi connectivity index (χ2v) is 7.77. The van der Waals surface area contributed by atoms with Gasteiger partial charge < -0.3 is 5.32 Å². The molecule has 0 aliphatic heterocycles. The van der Waals surface area contributed by atoms with Crippen LogP contribution in [-0.2, 0) is 17.9 Å². The highest BCUT2D eigenvalue weighted by molar-refractivity contribution is 9.10. The molecule has 3 aromatic rings. The predicted octanol–water partition coefficient (Wildman–Crippen LogP) is 4.09. The maximum atomic E-state index is 12.5. The molecule has 1 N–H and O–H groups in total. The van der Waals surface area contributed by atoms with Gasteiger partial charge in [-0.05, 0) is 42.3 Å². The Kier molecular flexibility index (Phi) is 5.79. The van der Waals surface area contributed by atoms with Crippen molar-refractivity contribution in [3.05, 3.63) is 63.6 Å². The fourth-order valence-electron chi connectivity index (χ4n) is 2.97. The maximum absolute atomic E-state index is 12.5. The number of nitrogens with one attached hydrogen (secondary N) is 1. The number of rotatable bonds is 6. The summed E-state index contributed by atoms with van der Waals surface area (Å²) in [6, 6.07) is 8.31. The number of halogens is 1. The van der Waals surface area contributed by atoms with Crippen LogP contribution in [0.3, 0.4) is 0 Å². The van der Waals surface area contributed by atoms with E-state index < -0.39 is 0 Å². The Hall–Kier alpha value is -2.41. The van der Waals surface area contributed by atoms with E-state index in [9.17, 15) is 4.79 Å². The van der Waals surface area contributed by atoms with Crippen molar-refractivity contribution in [2.75, 3.05) is 5.32 Å². The van der Waals surface area contributed by atoms with E-state index in [-0.39, 0.29) is 11.8 Å². The summed E-state index contributed by atoms with van der Waals surface area (Å²) in [6.45, 7) is 9.11. The van der Waals surface area contributed by atoms with Gasteiger partial charge in [0.1, 0.15) is 0 Å². The van der Waals surface area contributed by atoms with Crippen LogP contribution in [0.1, 0.15) is 29.4 Å². The van der Waals surface area contributed by atoms with E-state index in [1.807, 2.05) is 42.4 Å². The zero-order valence-electron chi connectivity index (χ0n) is 16.0. The summed E-state index contributed by atoms with van der Waals surface area (Å²) in [4.78, 5) is 12.5. The number of carbonyl (C=O) groups is 1. The van der Waals surface area contributed by atoms with Crippen LogP contribution >= 0.6 is 15.9 Å². The molecule has 0 bridgehead atoms. The summed E-state index contributed by atoms with van der Waals surface area (Å²) in [5.41, 5.74) is 5.06. The first kappa shape index (κ1) is 19.4. The molecule has 3 rings (SSSR count). The second-order valence-electron chi connectivity index (χ2n) is 6.97. The van der Waals surface area contributed by atoms with Gasteiger partial charge in [0.15, 0.2) is 0 Å². The van der Waals surface area contributed by atoms with Gasteiger partial charge in [-0.1, -0.05) is 36.8 Å². The smallest absolute Gasteiger partial charge is 0.229 e. The van der Waals surface area contributed by atoms with E-state index in [4.69, 9.17) is 0 Å². The van der Waals surface area contributed by atoms with E-state index in [0.29, 0.717) is 18.8 Å². The average Bonchev–Trinajstić information content (AvgIpc) is 3.15. The minimum Gasteiger partial charge on any atom is -0.323 e. The molecule has 0 aliphatic carbocycles. The van der Waals surface area contributed by atoms with Crippen molar-refractivity contribution in [1.29, 1.82) is 0 Å². The Morgan fingerprint density at radius 2 is 2.07 bits per heavy atom. The van der Waals surface area contributed by atoms with E-state index >= 15 is 0 Å². The van der Waals surface area contributed by atoms with E-state index in [1.165, 1.54) is 11.1 Å². The lowest BCUT2D eigenvalue weighted by molar-refractivity contribution is -0.119. The minimum atomic E-state index is -0.213. The van der Waals surface area contributed by atoms with Gasteiger partial charge in [0.25, 0.3) is 0 Å². The Balaban J connectivity index is 1.60. The summed E-state index contributed by atoms with van der Waals surface area (Å²) in [5, 5.41) is 11.8. The van der Waals surface area contributed by atoms with Crippen molar-refractivity contribution in [2.24, 2.45) is 5.92 Å². The van der Waals surface area contributed by atoms with Gasteiger partial charge in [0, 0.05) is 11.9 Å². The van der Waals surface area contributed by atoms with Crippen molar-refractivity contribution in [3.8, 4) is 0 Å². The molecule has 1 amide bonds. The molecular weight excluding hydrogens is 406 g/mol. The fourth-order valence-corrected chi connectivity index (χ4v) is 3.26. The Labute approximate surface area is 167 Å². The lowest BCUT2D eigenvalue weighted by Gasteiger charge is -2.12. The van der Waals surface area contributed by atoms with Crippen LogP contribution in [0.15, 0.2) is 41.1 Å². The molecule has 6 nitrogen and oxygen atoms in total. The third kappa shape index (κ3) is 4.66. The topological polar surface area (TPSA) is 64.7 Å². The molecule has 0 saturated carbocycles. The number of carbonyl (C=O) groups excluding carboxylic acids is 1. The third-order valence-corrected chi connectivity index (χ3v) is 5.66.